The summed E-state index contributed by atoms with van der Waals surface area (Å²) in [5.41, 5.74) is 6.65. The van der Waals surface area contributed by atoms with Gasteiger partial charge in [0.1, 0.15) is 5.75 Å². The smallest absolute Gasteiger partial charge is 0.254 e. The average Bonchev–Trinajstić information content (AvgIpc) is 3.03. The molecule has 1 N–H and O–H groups in total. The molecule has 1 fully saturated rings. The molecule has 0 aliphatic carbocycles. The van der Waals surface area contributed by atoms with E-state index in [0.29, 0.717) is 36.3 Å². The number of aromatic nitrogens is 1. The number of aryl methyl sites for hydroxylation is 3. The first kappa shape index (κ1) is 33.0. The zero-order chi connectivity index (χ0) is 31.8. The number of likely N-dealkylation sites (tertiary alicyclic amines) is 1. The zero-order valence-corrected chi connectivity index (χ0v) is 27.5. The maximum Gasteiger partial charge on any atom is 0.254 e. The Morgan fingerprint density at radius 3 is 2.30 bits per heavy atom. The average molecular weight is 600 g/mol. The minimum atomic E-state index is -0.0919. The maximum atomic E-state index is 13.0. The fraction of sp³-hybridized carbons (Fsp3) is 0.472. The molecule has 0 spiro atoms. The number of amides is 2. The van der Waals surface area contributed by atoms with Crippen LogP contribution in [-0.2, 0) is 6.54 Å². The van der Waals surface area contributed by atoms with Crippen molar-refractivity contribution in [3.63, 3.8) is 0 Å². The van der Waals surface area contributed by atoms with Gasteiger partial charge in [-0.2, -0.15) is 0 Å². The van der Waals surface area contributed by atoms with Gasteiger partial charge in [-0.3, -0.25) is 14.6 Å². The van der Waals surface area contributed by atoms with Crippen molar-refractivity contribution in [1.82, 2.24) is 20.1 Å². The molecule has 1 atom stereocenters. The molecule has 3 aromatic rings. The molecule has 1 aliphatic rings. The summed E-state index contributed by atoms with van der Waals surface area (Å²) in [6.45, 7) is 14.3. The Morgan fingerprint density at radius 2 is 1.70 bits per heavy atom. The highest BCUT2D eigenvalue weighted by molar-refractivity contribution is 6.00. The second-order valence-corrected chi connectivity index (χ2v) is 12.1. The second-order valence-electron chi connectivity index (χ2n) is 12.1. The third kappa shape index (κ3) is 7.97. The van der Waals surface area contributed by atoms with E-state index in [-0.39, 0.29) is 11.8 Å². The Balaban J connectivity index is 1.32. The quantitative estimate of drug-likeness (QED) is 0.284. The second kappa shape index (κ2) is 15.2. The van der Waals surface area contributed by atoms with Gasteiger partial charge in [-0.25, -0.2) is 0 Å². The lowest BCUT2D eigenvalue weighted by molar-refractivity contribution is 0.0800. The summed E-state index contributed by atoms with van der Waals surface area (Å²) < 4.78 is 5.40. The first-order chi connectivity index (χ1) is 21.1. The molecule has 2 heterocycles. The molecule has 1 saturated heterocycles. The van der Waals surface area contributed by atoms with Crippen molar-refractivity contribution in [3.05, 3.63) is 88.2 Å². The van der Waals surface area contributed by atoms with E-state index in [2.05, 4.69) is 52.1 Å². The molecular weight excluding hydrogens is 550 g/mol. The number of hydrogen-bond acceptors (Lipinski definition) is 6. The van der Waals surface area contributed by atoms with Crippen LogP contribution >= 0.6 is 0 Å². The monoisotopic (exact) mass is 599 g/mol. The lowest BCUT2D eigenvalue weighted by Gasteiger charge is -2.42. The summed E-state index contributed by atoms with van der Waals surface area (Å²) in [6.07, 6.45) is 6.85. The Hall–Kier alpha value is -3.91. The van der Waals surface area contributed by atoms with Gasteiger partial charge in [0.05, 0.1) is 7.11 Å². The number of ether oxygens (including phenoxy) is 1. The normalized spacial score (nSPS) is 14.6. The lowest BCUT2D eigenvalue weighted by Crippen LogP contribution is -2.48. The maximum absolute atomic E-state index is 13.0. The SMILES string of the molecule is CCN(C)C(=O)c1c(C)cc(C(=O)NCC[C@@H](C)N2CCC(N(Cc3cnccc3C)c3ccc(OC)cc3)CC2)cc1C. The third-order valence-electron chi connectivity index (χ3n) is 9.13. The number of carbonyl (C=O) groups is 2. The molecule has 8 heteroatoms. The van der Waals surface area contributed by atoms with Crippen LogP contribution in [0.3, 0.4) is 0 Å². The summed E-state index contributed by atoms with van der Waals surface area (Å²) >= 11 is 0. The fourth-order valence-electron chi connectivity index (χ4n) is 6.13. The summed E-state index contributed by atoms with van der Waals surface area (Å²) in [5.74, 6) is 0.760. The van der Waals surface area contributed by atoms with Gasteiger partial charge in [-0.15, -0.1) is 0 Å². The van der Waals surface area contributed by atoms with E-state index >= 15 is 0 Å². The number of nitrogens with one attached hydrogen (secondary N) is 1. The highest BCUT2D eigenvalue weighted by atomic mass is 16.5. The van der Waals surface area contributed by atoms with E-state index in [1.54, 1.807) is 19.1 Å². The molecule has 0 radical (unpaired) electrons. The number of methoxy groups -OCH3 is 1. The van der Waals surface area contributed by atoms with Crippen molar-refractivity contribution in [2.75, 3.05) is 45.2 Å². The molecular formula is C36H49N5O3. The first-order valence-corrected chi connectivity index (χ1v) is 15.8. The van der Waals surface area contributed by atoms with Crippen molar-refractivity contribution >= 4 is 17.5 Å². The van der Waals surface area contributed by atoms with Gasteiger partial charge in [-0.1, -0.05) is 0 Å². The Morgan fingerprint density at radius 1 is 1.05 bits per heavy atom. The first-order valence-electron chi connectivity index (χ1n) is 15.8. The molecule has 44 heavy (non-hydrogen) atoms. The fourth-order valence-corrected chi connectivity index (χ4v) is 6.13. The van der Waals surface area contributed by atoms with E-state index in [0.717, 1.165) is 55.8 Å². The van der Waals surface area contributed by atoms with Crippen LogP contribution in [0.4, 0.5) is 5.69 Å². The van der Waals surface area contributed by atoms with Crippen LogP contribution in [0, 0.1) is 20.8 Å². The van der Waals surface area contributed by atoms with Crippen molar-refractivity contribution in [3.8, 4) is 5.75 Å². The van der Waals surface area contributed by atoms with E-state index in [1.165, 1.54) is 16.8 Å². The number of pyridine rings is 1. The minimum Gasteiger partial charge on any atom is -0.497 e. The van der Waals surface area contributed by atoms with Crippen LogP contribution in [0.5, 0.6) is 5.75 Å². The summed E-state index contributed by atoms with van der Waals surface area (Å²) in [7, 11) is 3.50. The Labute approximate surface area is 263 Å². The van der Waals surface area contributed by atoms with Crippen molar-refractivity contribution in [1.29, 1.82) is 0 Å². The summed E-state index contributed by atoms with van der Waals surface area (Å²) in [6, 6.07) is 14.9. The van der Waals surface area contributed by atoms with Gasteiger partial charge in [0.2, 0.25) is 0 Å². The predicted molar refractivity (Wildman–Crippen MR) is 178 cm³/mol. The van der Waals surface area contributed by atoms with Gasteiger partial charge < -0.3 is 24.8 Å². The highest BCUT2D eigenvalue weighted by Gasteiger charge is 2.28. The molecule has 0 unspecified atom stereocenters. The topological polar surface area (TPSA) is 78.0 Å². The van der Waals surface area contributed by atoms with Crippen LogP contribution in [0.15, 0.2) is 54.9 Å². The number of nitrogens with zero attached hydrogens (tertiary/aromatic N) is 4. The molecule has 8 nitrogen and oxygen atoms in total. The van der Waals surface area contributed by atoms with Crippen molar-refractivity contribution in [2.45, 2.75) is 72.5 Å². The predicted octanol–water partition coefficient (Wildman–Crippen LogP) is 5.79. The number of hydrogen-bond donors (Lipinski definition) is 1. The number of carbonyl (C=O) groups excluding carboxylic acids is 2. The van der Waals surface area contributed by atoms with Gasteiger partial charge in [0, 0.05) is 81.1 Å². The number of anilines is 1. The lowest BCUT2D eigenvalue weighted by atomic mass is 9.97. The molecule has 2 aromatic carbocycles. The molecule has 1 aliphatic heterocycles. The van der Waals surface area contributed by atoms with Crippen molar-refractivity contribution in [2.24, 2.45) is 0 Å². The van der Waals surface area contributed by atoms with Crippen molar-refractivity contribution < 1.29 is 14.3 Å². The van der Waals surface area contributed by atoms with Gasteiger partial charge in [-0.05, 0) is 119 Å². The molecule has 0 bridgehead atoms. The third-order valence-corrected chi connectivity index (χ3v) is 9.13. The van der Waals surface area contributed by atoms with Crippen LogP contribution in [0.25, 0.3) is 0 Å². The minimum absolute atomic E-state index is 0.00800. The Bertz CT molecular complexity index is 1390. The van der Waals surface area contributed by atoms with Gasteiger partial charge in [0.15, 0.2) is 0 Å². The van der Waals surface area contributed by atoms with Crippen LogP contribution in [0.1, 0.15) is 76.1 Å². The zero-order valence-electron chi connectivity index (χ0n) is 27.5. The molecule has 1 aromatic heterocycles. The molecule has 4 rings (SSSR count). The van der Waals surface area contributed by atoms with Gasteiger partial charge >= 0.3 is 0 Å². The van der Waals surface area contributed by atoms with E-state index in [9.17, 15) is 9.59 Å². The van der Waals surface area contributed by atoms with Crippen LogP contribution in [-0.4, -0.2) is 79.0 Å². The van der Waals surface area contributed by atoms with E-state index in [4.69, 9.17) is 4.74 Å². The molecule has 236 valence electrons. The number of rotatable bonds is 12. The number of benzene rings is 2. The van der Waals surface area contributed by atoms with Crippen LogP contribution in [0.2, 0.25) is 0 Å². The molecule has 0 saturated carbocycles. The van der Waals surface area contributed by atoms with Crippen LogP contribution < -0.4 is 15.0 Å². The van der Waals surface area contributed by atoms with E-state index < -0.39 is 0 Å². The summed E-state index contributed by atoms with van der Waals surface area (Å²) in [4.78, 5) is 36.9. The van der Waals surface area contributed by atoms with Gasteiger partial charge in [0.25, 0.3) is 11.8 Å². The summed E-state index contributed by atoms with van der Waals surface area (Å²) in [5, 5.41) is 3.11. The Kier molecular flexibility index (Phi) is 11.4. The largest absolute Gasteiger partial charge is 0.497 e. The number of piperidine rings is 1. The standard InChI is InChI=1S/C36H49N5O3/c1-8-39(6)36(43)34-26(3)21-29(22-27(34)4)35(42)38-18-14-28(5)40-19-15-32(16-20-40)41(24-30-23-37-17-13-25(30)2)31-9-11-33(44-7)12-10-31/h9-13,17,21-23,28,32H,8,14-16,18-20,24H2,1-7H3,(H,38,42)/t28-/m1/s1. The van der Waals surface area contributed by atoms with E-state index in [1.807, 2.05) is 57.4 Å². The highest BCUT2D eigenvalue weighted by Crippen LogP contribution is 2.29. The molecule has 2 amide bonds.